The second-order valence-corrected chi connectivity index (χ2v) is 12.6. The lowest BCUT2D eigenvalue weighted by Gasteiger charge is -2.29. The molecule has 1 aromatic heterocycles. The lowest BCUT2D eigenvalue weighted by Crippen LogP contribution is -2.33. The summed E-state index contributed by atoms with van der Waals surface area (Å²) in [5.74, 6) is -2.92. The largest absolute Gasteiger partial charge is 0.356 e. The van der Waals surface area contributed by atoms with E-state index in [1.807, 2.05) is 0 Å². The number of hydrogen-bond acceptors (Lipinski definition) is 6. The highest BCUT2D eigenvalue weighted by atomic mass is 35.6. The smallest absolute Gasteiger partial charge is 0.268 e. The normalized spacial score (nSPS) is 16.4. The van der Waals surface area contributed by atoms with Crippen molar-refractivity contribution in [3.05, 3.63) is 89.9 Å². The molecular weight excluding hydrogens is 559 g/mol. The molecular formula is C26H21Cl3N2O5S. The van der Waals surface area contributed by atoms with E-state index in [1.54, 1.807) is 49.5 Å². The number of carbonyl (C=O) groups is 3. The predicted molar refractivity (Wildman–Crippen MR) is 143 cm³/mol. The SMILES string of the molecule is CC(=O)C1=CN(C)C=C(C(=O)C(Cl)(Cl)Cl)C1CC(=O)c1cc2ccccc2n1S(=O)(=O)c1ccccc1. The van der Waals surface area contributed by atoms with Gasteiger partial charge in [0.2, 0.25) is 5.78 Å². The highest BCUT2D eigenvalue weighted by molar-refractivity contribution is 7.90. The second kappa shape index (κ2) is 10.1. The summed E-state index contributed by atoms with van der Waals surface area (Å²) < 4.78 is 26.0. The number of nitrogens with zero attached hydrogens (tertiary/aromatic N) is 2. The van der Waals surface area contributed by atoms with Gasteiger partial charge in [0.05, 0.1) is 10.4 Å². The number of rotatable bonds is 7. The maximum Gasteiger partial charge on any atom is 0.268 e. The number of aromatic nitrogens is 1. The first-order valence-electron chi connectivity index (χ1n) is 11.0. The van der Waals surface area contributed by atoms with Crippen LogP contribution in [0, 0.1) is 5.92 Å². The maximum atomic E-state index is 13.8. The van der Waals surface area contributed by atoms with Gasteiger partial charge in [-0.25, -0.2) is 12.4 Å². The van der Waals surface area contributed by atoms with Crippen LogP contribution in [0.5, 0.6) is 0 Å². The third kappa shape index (κ3) is 5.25. The zero-order chi connectivity index (χ0) is 27.1. The molecule has 0 N–H and O–H groups in total. The van der Waals surface area contributed by atoms with Crippen molar-refractivity contribution < 1.29 is 22.8 Å². The summed E-state index contributed by atoms with van der Waals surface area (Å²) in [7, 11) is -2.58. The van der Waals surface area contributed by atoms with Gasteiger partial charge in [-0.1, -0.05) is 71.2 Å². The Balaban J connectivity index is 1.85. The zero-order valence-electron chi connectivity index (χ0n) is 19.7. The molecule has 1 aliphatic rings. The minimum atomic E-state index is -4.17. The Bertz CT molecular complexity index is 1590. The van der Waals surface area contributed by atoms with Crippen LogP contribution >= 0.6 is 34.8 Å². The number of fused-ring (bicyclic) bond motifs is 1. The Labute approximate surface area is 228 Å². The molecule has 1 atom stereocenters. The number of hydrogen-bond donors (Lipinski definition) is 0. The van der Waals surface area contributed by atoms with E-state index < -0.39 is 37.7 Å². The van der Waals surface area contributed by atoms with Gasteiger partial charge in [0.15, 0.2) is 11.6 Å². The van der Waals surface area contributed by atoms with Gasteiger partial charge in [0.25, 0.3) is 13.8 Å². The average molecular weight is 580 g/mol. The molecule has 3 aromatic rings. The van der Waals surface area contributed by atoms with E-state index in [9.17, 15) is 22.8 Å². The lowest BCUT2D eigenvalue weighted by molar-refractivity contribution is -0.115. The highest BCUT2D eigenvalue weighted by Gasteiger charge is 2.41. The molecule has 1 aliphatic heterocycles. The predicted octanol–water partition coefficient (Wildman–Crippen LogP) is 5.31. The molecule has 37 heavy (non-hydrogen) atoms. The number of ketones is 3. The second-order valence-electron chi connectivity index (χ2n) is 8.57. The number of halogens is 3. The number of para-hydroxylation sites is 1. The van der Waals surface area contributed by atoms with Gasteiger partial charge >= 0.3 is 0 Å². The Morgan fingerprint density at radius 1 is 0.919 bits per heavy atom. The molecule has 0 bridgehead atoms. The molecule has 0 spiro atoms. The van der Waals surface area contributed by atoms with Gasteiger partial charge in [0.1, 0.15) is 5.69 Å². The van der Waals surface area contributed by atoms with Crippen molar-refractivity contribution >= 4 is 73.1 Å². The van der Waals surface area contributed by atoms with Crippen LogP contribution in [-0.2, 0) is 19.6 Å². The minimum Gasteiger partial charge on any atom is -0.356 e. The highest BCUT2D eigenvalue weighted by Crippen LogP contribution is 2.39. The standard InChI is InChI=1S/C26H21Cl3N2O5S/c1-16(32)20-14-30(2)15-21(25(34)26(27,28)29)19(20)13-24(33)23-12-17-8-6-7-11-22(17)31(23)37(35,36)18-9-4-3-5-10-18/h3-12,14-15,19H,13H2,1-2H3. The molecule has 0 saturated carbocycles. The topological polar surface area (TPSA) is 93.5 Å². The molecule has 192 valence electrons. The Morgan fingerprint density at radius 3 is 2.14 bits per heavy atom. The molecule has 7 nitrogen and oxygen atoms in total. The van der Waals surface area contributed by atoms with E-state index >= 15 is 0 Å². The van der Waals surface area contributed by atoms with Crippen molar-refractivity contribution in [3.8, 4) is 0 Å². The summed E-state index contributed by atoms with van der Waals surface area (Å²) in [4.78, 5) is 40.7. The number of carbonyl (C=O) groups excluding carboxylic acids is 3. The molecule has 0 amide bonds. The van der Waals surface area contributed by atoms with Crippen molar-refractivity contribution in [3.63, 3.8) is 0 Å². The summed E-state index contributed by atoms with van der Waals surface area (Å²) >= 11 is 17.6. The van der Waals surface area contributed by atoms with Crippen LogP contribution < -0.4 is 0 Å². The van der Waals surface area contributed by atoms with Crippen LogP contribution in [0.25, 0.3) is 10.9 Å². The van der Waals surface area contributed by atoms with Gasteiger partial charge in [-0.2, -0.15) is 0 Å². The Kier molecular flexibility index (Phi) is 7.41. The van der Waals surface area contributed by atoms with Crippen molar-refractivity contribution in [1.29, 1.82) is 0 Å². The van der Waals surface area contributed by atoms with Gasteiger partial charge in [0, 0.05) is 48.3 Å². The molecule has 0 fully saturated rings. The van der Waals surface area contributed by atoms with Crippen LogP contribution in [-0.4, -0.2) is 45.5 Å². The Hall–Kier alpha value is -2.91. The third-order valence-electron chi connectivity index (χ3n) is 5.99. The molecule has 1 unspecified atom stereocenters. The van der Waals surface area contributed by atoms with E-state index in [0.29, 0.717) is 10.9 Å². The first kappa shape index (κ1) is 27.1. The van der Waals surface area contributed by atoms with Crippen LogP contribution in [0.4, 0.5) is 0 Å². The van der Waals surface area contributed by atoms with Crippen LogP contribution in [0.1, 0.15) is 23.8 Å². The van der Waals surface area contributed by atoms with Crippen molar-refractivity contribution in [2.45, 2.75) is 22.0 Å². The summed E-state index contributed by atoms with van der Waals surface area (Å²) in [6.07, 6.45) is 2.48. The van der Waals surface area contributed by atoms with Crippen LogP contribution in [0.2, 0.25) is 0 Å². The summed E-state index contributed by atoms with van der Waals surface area (Å²) in [6, 6.07) is 15.9. The zero-order valence-corrected chi connectivity index (χ0v) is 22.8. The van der Waals surface area contributed by atoms with E-state index in [4.69, 9.17) is 34.8 Å². The van der Waals surface area contributed by atoms with Gasteiger partial charge in [-0.3, -0.25) is 14.4 Å². The summed E-state index contributed by atoms with van der Waals surface area (Å²) in [5.41, 5.74) is 0.308. The van der Waals surface area contributed by atoms with Crippen molar-refractivity contribution in [2.24, 2.45) is 5.92 Å². The van der Waals surface area contributed by atoms with E-state index in [-0.39, 0.29) is 27.5 Å². The van der Waals surface area contributed by atoms with Gasteiger partial charge in [-0.15, -0.1) is 0 Å². The van der Waals surface area contributed by atoms with Gasteiger partial charge in [-0.05, 0) is 31.2 Å². The van der Waals surface area contributed by atoms with Crippen LogP contribution in [0.3, 0.4) is 0 Å². The summed E-state index contributed by atoms with van der Waals surface area (Å²) in [5, 5.41) is 0.532. The monoisotopic (exact) mass is 578 g/mol. The molecule has 2 aromatic carbocycles. The molecule has 2 heterocycles. The number of Topliss-reactive ketones (excluding diaryl/α,β-unsaturated/α-hetero) is 3. The van der Waals surface area contributed by atoms with Gasteiger partial charge < -0.3 is 4.90 Å². The third-order valence-corrected chi connectivity index (χ3v) is 8.24. The molecule has 11 heteroatoms. The first-order valence-corrected chi connectivity index (χ1v) is 13.6. The van der Waals surface area contributed by atoms with E-state index in [2.05, 4.69) is 0 Å². The number of allylic oxidation sites excluding steroid dienone is 2. The molecule has 4 rings (SSSR count). The number of alkyl halides is 3. The molecule has 0 saturated heterocycles. The fraction of sp³-hybridized carbons (Fsp3) is 0.192. The average Bonchev–Trinajstić information content (AvgIpc) is 3.25. The first-order chi connectivity index (χ1) is 17.3. The summed E-state index contributed by atoms with van der Waals surface area (Å²) in [6.45, 7) is 1.30. The molecule has 0 radical (unpaired) electrons. The maximum absolute atomic E-state index is 13.8. The fourth-order valence-corrected chi connectivity index (χ4v) is 6.21. The minimum absolute atomic E-state index is 0.000909. The van der Waals surface area contributed by atoms with E-state index in [0.717, 1.165) is 3.97 Å². The fourth-order valence-electron chi connectivity index (χ4n) is 4.33. The van der Waals surface area contributed by atoms with Crippen molar-refractivity contribution in [2.75, 3.05) is 7.05 Å². The van der Waals surface area contributed by atoms with Crippen LogP contribution in [0.15, 0.2) is 89.1 Å². The lowest BCUT2D eigenvalue weighted by atomic mass is 9.81. The van der Waals surface area contributed by atoms with Crippen molar-refractivity contribution in [1.82, 2.24) is 8.87 Å². The Morgan fingerprint density at radius 2 is 1.51 bits per heavy atom. The van der Waals surface area contributed by atoms with E-state index in [1.165, 1.54) is 42.4 Å². The quantitative estimate of drug-likeness (QED) is 0.278. The number of benzene rings is 2. The molecule has 0 aliphatic carbocycles.